The lowest BCUT2D eigenvalue weighted by Gasteiger charge is -2.29. The van der Waals surface area contributed by atoms with Gasteiger partial charge in [0.15, 0.2) is 0 Å². The van der Waals surface area contributed by atoms with Gasteiger partial charge in [-0.05, 0) is 61.0 Å². The number of ether oxygens (including phenoxy) is 1. The Bertz CT molecular complexity index is 533. The zero-order chi connectivity index (χ0) is 16.1. The zero-order valence-corrected chi connectivity index (χ0v) is 15.6. The van der Waals surface area contributed by atoms with Crippen molar-refractivity contribution in [1.82, 2.24) is 9.88 Å². The number of hydrogen-bond acceptors (Lipinski definition) is 3. The molecule has 0 saturated heterocycles. The predicted molar refractivity (Wildman–Crippen MR) is 95.2 cm³/mol. The molecule has 1 aliphatic carbocycles. The van der Waals surface area contributed by atoms with E-state index < -0.39 is 0 Å². The van der Waals surface area contributed by atoms with E-state index in [4.69, 9.17) is 4.74 Å². The summed E-state index contributed by atoms with van der Waals surface area (Å²) in [6, 6.07) is 1.99. The van der Waals surface area contributed by atoms with Gasteiger partial charge in [-0.15, -0.1) is 0 Å². The van der Waals surface area contributed by atoms with Crippen LogP contribution in [-0.4, -0.2) is 35.9 Å². The number of halogens is 1. The molecule has 2 rings (SSSR count). The molecule has 4 nitrogen and oxygen atoms in total. The Kier molecular flexibility index (Phi) is 6.24. The SMILES string of the molecule is CCN(C)C=Nc1cc(Br)c(O[C@@H]2CCCC[C@H]2C)nc1C. The van der Waals surface area contributed by atoms with Crippen LogP contribution in [0.15, 0.2) is 15.5 Å². The summed E-state index contributed by atoms with van der Waals surface area (Å²) in [5, 5.41) is 0. The molecule has 1 aromatic heterocycles. The van der Waals surface area contributed by atoms with E-state index in [1.807, 2.05) is 31.3 Å². The summed E-state index contributed by atoms with van der Waals surface area (Å²) >= 11 is 3.58. The monoisotopic (exact) mass is 367 g/mol. The third kappa shape index (κ3) is 4.45. The Morgan fingerprint density at radius 3 is 2.86 bits per heavy atom. The Morgan fingerprint density at radius 2 is 2.18 bits per heavy atom. The topological polar surface area (TPSA) is 37.7 Å². The van der Waals surface area contributed by atoms with Gasteiger partial charge in [0, 0.05) is 13.6 Å². The number of pyridine rings is 1. The zero-order valence-electron chi connectivity index (χ0n) is 14.0. The average Bonchev–Trinajstić information content (AvgIpc) is 2.51. The van der Waals surface area contributed by atoms with E-state index in [0.717, 1.165) is 28.8 Å². The molecule has 1 aromatic rings. The van der Waals surface area contributed by atoms with Gasteiger partial charge in [-0.3, -0.25) is 0 Å². The van der Waals surface area contributed by atoms with Gasteiger partial charge in [-0.25, -0.2) is 9.98 Å². The van der Waals surface area contributed by atoms with Crippen molar-refractivity contribution in [3.63, 3.8) is 0 Å². The minimum absolute atomic E-state index is 0.275. The van der Waals surface area contributed by atoms with Crippen LogP contribution < -0.4 is 4.74 Å². The van der Waals surface area contributed by atoms with Crippen molar-refractivity contribution in [1.29, 1.82) is 0 Å². The van der Waals surface area contributed by atoms with Crippen molar-refractivity contribution < 1.29 is 4.74 Å². The second-order valence-corrected chi connectivity index (χ2v) is 6.97. The lowest BCUT2D eigenvalue weighted by molar-refractivity contribution is 0.0966. The molecule has 0 unspecified atom stereocenters. The molecule has 0 radical (unpaired) electrons. The van der Waals surface area contributed by atoms with Gasteiger partial charge in [0.25, 0.3) is 0 Å². The fraction of sp³-hybridized carbons (Fsp3) is 0.647. The summed E-state index contributed by atoms with van der Waals surface area (Å²) in [5.41, 5.74) is 1.76. The quantitative estimate of drug-likeness (QED) is 0.557. The van der Waals surface area contributed by atoms with E-state index in [0.29, 0.717) is 11.8 Å². The first kappa shape index (κ1) is 17.3. The highest BCUT2D eigenvalue weighted by Crippen LogP contribution is 2.33. The smallest absolute Gasteiger partial charge is 0.228 e. The second kappa shape index (κ2) is 7.95. The predicted octanol–water partition coefficient (Wildman–Crippen LogP) is 4.72. The molecule has 0 amide bonds. The minimum Gasteiger partial charge on any atom is -0.473 e. The van der Waals surface area contributed by atoms with Gasteiger partial charge < -0.3 is 9.64 Å². The Hall–Kier alpha value is -1.10. The summed E-state index contributed by atoms with van der Waals surface area (Å²) in [4.78, 5) is 11.1. The first-order valence-electron chi connectivity index (χ1n) is 8.09. The second-order valence-electron chi connectivity index (χ2n) is 6.12. The van der Waals surface area contributed by atoms with Crippen molar-refractivity contribution in [2.75, 3.05) is 13.6 Å². The van der Waals surface area contributed by atoms with E-state index in [1.165, 1.54) is 19.3 Å². The number of nitrogens with zero attached hydrogens (tertiary/aromatic N) is 3. The Morgan fingerprint density at radius 1 is 1.45 bits per heavy atom. The van der Waals surface area contributed by atoms with Gasteiger partial charge >= 0.3 is 0 Å². The average molecular weight is 368 g/mol. The molecule has 0 bridgehead atoms. The maximum absolute atomic E-state index is 6.16. The van der Waals surface area contributed by atoms with Gasteiger partial charge in [-0.1, -0.05) is 13.3 Å². The van der Waals surface area contributed by atoms with Crippen molar-refractivity contribution in [3.8, 4) is 5.88 Å². The molecule has 0 aromatic carbocycles. The summed E-state index contributed by atoms with van der Waals surface area (Å²) in [6.45, 7) is 7.26. The van der Waals surface area contributed by atoms with E-state index in [2.05, 4.69) is 39.8 Å². The molecule has 122 valence electrons. The lowest BCUT2D eigenvalue weighted by Crippen LogP contribution is -2.28. The summed E-state index contributed by atoms with van der Waals surface area (Å²) in [5.74, 6) is 1.29. The molecule has 22 heavy (non-hydrogen) atoms. The first-order valence-corrected chi connectivity index (χ1v) is 8.88. The highest BCUT2D eigenvalue weighted by atomic mass is 79.9. The van der Waals surface area contributed by atoms with Crippen LogP contribution in [0, 0.1) is 12.8 Å². The Balaban J connectivity index is 2.13. The number of aliphatic imine (C=N–C) groups is 1. The fourth-order valence-corrected chi connectivity index (χ4v) is 3.00. The number of aromatic nitrogens is 1. The molecular weight excluding hydrogens is 342 g/mol. The van der Waals surface area contributed by atoms with Gasteiger partial charge in [0.1, 0.15) is 6.10 Å². The maximum atomic E-state index is 6.16. The maximum Gasteiger partial charge on any atom is 0.228 e. The molecule has 0 aliphatic heterocycles. The lowest BCUT2D eigenvalue weighted by atomic mass is 9.88. The standard InChI is InChI=1S/C17H26BrN3O/c1-5-21(4)11-19-15-10-14(18)17(20-13(15)3)22-16-9-7-6-8-12(16)2/h10-12,16H,5-9H2,1-4H3/t12-,16-/m1/s1. The van der Waals surface area contributed by atoms with Crippen molar-refractivity contribution in [2.45, 2.75) is 52.6 Å². The van der Waals surface area contributed by atoms with Crippen molar-refractivity contribution in [2.24, 2.45) is 10.9 Å². The normalized spacial score (nSPS) is 22.0. The van der Waals surface area contributed by atoms with Crippen LogP contribution in [0.3, 0.4) is 0 Å². The van der Waals surface area contributed by atoms with Gasteiger partial charge in [0.05, 0.1) is 22.2 Å². The van der Waals surface area contributed by atoms with Gasteiger partial charge in [0.2, 0.25) is 5.88 Å². The van der Waals surface area contributed by atoms with Crippen LogP contribution in [0.1, 0.15) is 45.2 Å². The van der Waals surface area contributed by atoms with Crippen LogP contribution in [-0.2, 0) is 0 Å². The fourth-order valence-electron chi connectivity index (χ4n) is 2.61. The van der Waals surface area contributed by atoms with Gasteiger partial charge in [-0.2, -0.15) is 0 Å². The molecule has 1 heterocycles. The van der Waals surface area contributed by atoms with E-state index in [1.54, 1.807) is 0 Å². The minimum atomic E-state index is 0.275. The van der Waals surface area contributed by atoms with Crippen LogP contribution in [0.4, 0.5) is 5.69 Å². The van der Waals surface area contributed by atoms with Crippen LogP contribution >= 0.6 is 15.9 Å². The number of rotatable bonds is 5. The highest BCUT2D eigenvalue weighted by Gasteiger charge is 2.24. The molecule has 2 atom stereocenters. The molecule has 1 saturated carbocycles. The van der Waals surface area contributed by atoms with Crippen LogP contribution in [0.2, 0.25) is 0 Å². The first-order chi connectivity index (χ1) is 10.5. The molecule has 5 heteroatoms. The molecule has 0 spiro atoms. The number of hydrogen-bond donors (Lipinski definition) is 0. The molecule has 0 N–H and O–H groups in total. The highest BCUT2D eigenvalue weighted by molar-refractivity contribution is 9.10. The van der Waals surface area contributed by atoms with E-state index >= 15 is 0 Å². The van der Waals surface area contributed by atoms with Crippen molar-refractivity contribution >= 4 is 28.0 Å². The third-order valence-corrected chi connectivity index (χ3v) is 4.86. The largest absolute Gasteiger partial charge is 0.473 e. The molecule has 1 fully saturated rings. The number of aryl methyl sites for hydroxylation is 1. The molecular formula is C17H26BrN3O. The summed E-state index contributed by atoms with van der Waals surface area (Å²) in [6.07, 6.45) is 7.03. The Labute approximate surface area is 142 Å². The van der Waals surface area contributed by atoms with E-state index in [9.17, 15) is 0 Å². The third-order valence-electron chi connectivity index (χ3n) is 4.30. The summed E-state index contributed by atoms with van der Waals surface area (Å²) in [7, 11) is 2.00. The van der Waals surface area contributed by atoms with Crippen molar-refractivity contribution in [3.05, 3.63) is 16.2 Å². The van der Waals surface area contributed by atoms with E-state index in [-0.39, 0.29) is 6.10 Å². The molecule has 1 aliphatic rings. The summed E-state index contributed by atoms with van der Waals surface area (Å²) < 4.78 is 7.04. The van der Waals surface area contributed by atoms with Crippen LogP contribution in [0.5, 0.6) is 5.88 Å². The van der Waals surface area contributed by atoms with Crippen LogP contribution in [0.25, 0.3) is 0 Å².